The number of rotatable bonds is 8. The van der Waals surface area contributed by atoms with Crippen molar-refractivity contribution >= 4 is 5.97 Å². The van der Waals surface area contributed by atoms with E-state index in [1.54, 1.807) is 0 Å². The normalized spacial score (nSPS) is 19.0. The van der Waals surface area contributed by atoms with E-state index in [-0.39, 0.29) is 11.8 Å². The lowest BCUT2D eigenvalue weighted by Gasteiger charge is -2.19. The Morgan fingerprint density at radius 1 is 1.39 bits per heavy atom. The van der Waals surface area contributed by atoms with E-state index in [0.717, 1.165) is 42.8 Å². The minimum absolute atomic E-state index is 0.221. The zero-order valence-corrected chi connectivity index (χ0v) is 14.5. The van der Waals surface area contributed by atoms with Crippen LogP contribution in [0, 0.1) is 24.7 Å². The lowest BCUT2D eigenvalue weighted by molar-refractivity contribution is -0.143. The number of aliphatic carboxylic acids is 1. The summed E-state index contributed by atoms with van der Waals surface area (Å²) in [6.07, 6.45) is 2.54. The van der Waals surface area contributed by atoms with Gasteiger partial charge >= 0.3 is 5.97 Å². The van der Waals surface area contributed by atoms with Gasteiger partial charge in [0.25, 0.3) is 0 Å². The molecule has 1 fully saturated rings. The Morgan fingerprint density at radius 2 is 2.17 bits per heavy atom. The van der Waals surface area contributed by atoms with Crippen LogP contribution in [0.5, 0.6) is 5.75 Å². The first-order chi connectivity index (χ1) is 11.0. The Kier molecular flexibility index (Phi) is 6.46. The van der Waals surface area contributed by atoms with E-state index < -0.39 is 5.97 Å². The molecule has 0 amide bonds. The lowest BCUT2D eigenvalue weighted by Crippen LogP contribution is -2.27. The molecule has 0 bridgehead atoms. The average Bonchev–Trinajstić information content (AvgIpc) is 2.97. The summed E-state index contributed by atoms with van der Waals surface area (Å²) >= 11 is 0. The van der Waals surface area contributed by atoms with E-state index in [9.17, 15) is 9.90 Å². The summed E-state index contributed by atoms with van der Waals surface area (Å²) in [5.41, 5.74) is 2.18. The van der Waals surface area contributed by atoms with Crippen molar-refractivity contribution in [1.29, 1.82) is 0 Å². The van der Waals surface area contributed by atoms with Crippen LogP contribution in [0.2, 0.25) is 0 Å². The zero-order valence-electron chi connectivity index (χ0n) is 14.5. The Morgan fingerprint density at radius 3 is 2.78 bits per heavy atom. The third-order valence-electron chi connectivity index (χ3n) is 4.51. The van der Waals surface area contributed by atoms with Gasteiger partial charge in [-0.05, 0) is 74.4 Å². The molecule has 2 atom stereocenters. The molecule has 1 aliphatic heterocycles. The molecule has 0 saturated carbocycles. The van der Waals surface area contributed by atoms with Gasteiger partial charge in [0.1, 0.15) is 5.75 Å². The molecule has 0 aromatic heterocycles. The quantitative estimate of drug-likeness (QED) is 0.772. The number of benzene rings is 1. The highest BCUT2D eigenvalue weighted by atomic mass is 16.5. The van der Waals surface area contributed by atoms with Crippen LogP contribution in [-0.4, -0.2) is 30.8 Å². The van der Waals surface area contributed by atoms with Crippen molar-refractivity contribution in [3.63, 3.8) is 0 Å². The molecule has 4 heteroatoms. The van der Waals surface area contributed by atoms with Crippen LogP contribution >= 0.6 is 0 Å². The topological polar surface area (TPSA) is 58.6 Å². The van der Waals surface area contributed by atoms with E-state index in [4.69, 9.17) is 4.74 Å². The summed E-state index contributed by atoms with van der Waals surface area (Å²) < 4.78 is 5.85. The van der Waals surface area contributed by atoms with Crippen molar-refractivity contribution in [2.24, 2.45) is 17.8 Å². The number of nitrogens with one attached hydrogen (secondary N) is 1. The summed E-state index contributed by atoms with van der Waals surface area (Å²) in [5, 5.41) is 12.8. The number of ether oxygens (including phenoxy) is 1. The van der Waals surface area contributed by atoms with E-state index in [2.05, 4.69) is 25.2 Å². The van der Waals surface area contributed by atoms with Gasteiger partial charge in [0.2, 0.25) is 0 Å². The van der Waals surface area contributed by atoms with Gasteiger partial charge in [-0.15, -0.1) is 0 Å². The lowest BCUT2D eigenvalue weighted by atomic mass is 9.86. The molecule has 2 N–H and O–H groups in total. The van der Waals surface area contributed by atoms with E-state index in [0.29, 0.717) is 18.9 Å². The predicted molar refractivity (Wildman–Crippen MR) is 91.9 cm³/mol. The number of hydrogen-bond donors (Lipinski definition) is 2. The van der Waals surface area contributed by atoms with Gasteiger partial charge in [-0.25, -0.2) is 0 Å². The first-order valence-electron chi connectivity index (χ1n) is 8.62. The van der Waals surface area contributed by atoms with E-state index in [1.807, 2.05) is 19.1 Å². The molecule has 0 aliphatic carbocycles. The van der Waals surface area contributed by atoms with Crippen LogP contribution in [0.4, 0.5) is 0 Å². The fourth-order valence-corrected chi connectivity index (χ4v) is 3.17. The van der Waals surface area contributed by atoms with Crippen molar-refractivity contribution in [2.75, 3.05) is 19.7 Å². The smallest absolute Gasteiger partial charge is 0.307 e. The third kappa shape index (κ3) is 5.54. The first-order valence-corrected chi connectivity index (χ1v) is 8.62. The van der Waals surface area contributed by atoms with Crippen molar-refractivity contribution in [3.05, 3.63) is 29.3 Å². The molecule has 1 saturated heterocycles. The molecular formula is C19H29NO3. The van der Waals surface area contributed by atoms with Gasteiger partial charge in [0, 0.05) is 0 Å². The highest BCUT2D eigenvalue weighted by Crippen LogP contribution is 2.26. The molecule has 0 spiro atoms. The SMILES string of the molecule is Cc1cc(C[C@H](C(=O)O)[C@H]2CCNC2)cc(OCCC(C)C)c1. The molecule has 0 unspecified atom stereocenters. The predicted octanol–water partition coefficient (Wildman–Crippen LogP) is 3.27. The largest absolute Gasteiger partial charge is 0.494 e. The maximum Gasteiger partial charge on any atom is 0.307 e. The summed E-state index contributed by atoms with van der Waals surface area (Å²) in [7, 11) is 0. The van der Waals surface area contributed by atoms with Gasteiger partial charge in [-0.1, -0.05) is 19.9 Å². The molecular weight excluding hydrogens is 290 g/mol. The number of carboxylic acids is 1. The van der Waals surface area contributed by atoms with Crippen LogP contribution in [0.25, 0.3) is 0 Å². The zero-order chi connectivity index (χ0) is 16.8. The number of hydrogen-bond acceptors (Lipinski definition) is 3. The fourth-order valence-electron chi connectivity index (χ4n) is 3.17. The second-order valence-corrected chi connectivity index (χ2v) is 7.09. The van der Waals surface area contributed by atoms with Gasteiger partial charge in [0.05, 0.1) is 12.5 Å². The molecule has 1 aromatic carbocycles. The molecule has 23 heavy (non-hydrogen) atoms. The average molecular weight is 319 g/mol. The maximum atomic E-state index is 11.6. The summed E-state index contributed by atoms with van der Waals surface area (Å²) in [4.78, 5) is 11.6. The number of carbonyl (C=O) groups is 1. The maximum absolute atomic E-state index is 11.6. The van der Waals surface area contributed by atoms with Crippen LogP contribution in [0.1, 0.15) is 37.8 Å². The minimum Gasteiger partial charge on any atom is -0.494 e. The molecule has 128 valence electrons. The van der Waals surface area contributed by atoms with Crippen LogP contribution in [-0.2, 0) is 11.2 Å². The van der Waals surface area contributed by atoms with Crippen LogP contribution in [0.3, 0.4) is 0 Å². The fraction of sp³-hybridized carbons (Fsp3) is 0.632. The van der Waals surface area contributed by atoms with Crippen molar-refractivity contribution in [2.45, 2.75) is 40.0 Å². The van der Waals surface area contributed by atoms with Gasteiger partial charge in [-0.3, -0.25) is 4.79 Å². The second-order valence-electron chi connectivity index (χ2n) is 7.09. The number of carboxylic acid groups (broad SMARTS) is 1. The van der Waals surface area contributed by atoms with E-state index in [1.165, 1.54) is 0 Å². The molecule has 1 aliphatic rings. The first kappa shape index (κ1) is 17.8. The number of aryl methyl sites for hydroxylation is 1. The Bertz CT molecular complexity index is 521. The van der Waals surface area contributed by atoms with Gasteiger partial charge in [-0.2, -0.15) is 0 Å². The van der Waals surface area contributed by atoms with E-state index >= 15 is 0 Å². The van der Waals surface area contributed by atoms with Crippen molar-refractivity contribution in [3.8, 4) is 5.75 Å². The molecule has 0 radical (unpaired) electrons. The molecule has 2 rings (SSSR count). The van der Waals surface area contributed by atoms with Gasteiger partial charge < -0.3 is 15.2 Å². The summed E-state index contributed by atoms with van der Waals surface area (Å²) in [5.74, 6) is 0.677. The minimum atomic E-state index is -0.692. The highest BCUT2D eigenvalue weighted by molar-refractivity contribution is 5.71. The van der Waals surface area contributed by atoms with Crippen LogP contribution in [0.15, 0.2) is 18.2 Å². The van der Waals surface area contributed by atoms with Crippen molar-refractivity contribution in [1.82, 2.24) is 5.32 Å². The Labute approximate surface area is 139 Å². The molecule has 1 aromatic rings. The Hall–Kier alpha value is -1.55. The summed E-state index contributed by atoms with van der Waals surface area (Å²) in [6.45, 7) is 8.82. The Balaban J connectivity index is 2.05. The van der Waals surface area contributed by atoms with Crippen LogP contribution < -0.4 is 10.1 Å². The highest BCUT2D eigenvalue weighted by Gasteiger charge is 2.30. The monoisotopic (exact) mass is 319 g/mol. The molecule has 1 heterocycles. The standard InChI is InChI=1S/C19H29NO3/c1-13(2)5-7-23-17-9-14(3)8-15(10-17)11-18(19(21)22)16-4-6-20-12-16/h8-10,13,16,18,20H,4-7,11-12H2,1-3H3,(H,21,22)/t16-,18-/m0/s1. The van der Waals surface area contributed by atoms with Gasteiger partial charge in [0.15, 0.2) is 0 Å². The summed E-state index contributed by atoms with van der Waals surface area (Å²) in [6, 6.07) is 6.11. The third-order valence-corrected chi connectivity index (χ3v) is 4.51. The second kappa shape index (κ2) is 8.34. The van der Waals surface area contributed by atoms with Crippen molar-refractivity contribution < 1.29 is 14.6 Å². The molecule has 4 nitrogen and oxygen atoms in total.